The van der Waals surface area contributed by atoms with E-state index in [9.17, 15) is 8.42 Å². The number of sulfonamides is 1. The zero-order valence-electron chi connectivity index (χ0n) is 11.4. The molecule has 0 heterocycles. The second-order valence-corrected chi connectivity index (χ2v) is 8.02. The fraction of sp³-hybridized carbons (Fsp3) is 0.143. The molecule has 112 valence electrons. The van der Waals surface area contributed by atoms with E-state index >= 15 is 0 Å². The van der Waals surface area contributed by atoms with Gasteiger partial charge in [0.05, 0.1) is 10.6 Å². The molecule has 2 rings (SSSR count). The van der Waals surface area contributed by atoms with Crippen molar-refractivity contribution in [3.05, 3.63) is 50.4 Å². The van der Waals surface area contributed by atoms with Crippen molar-refractivity contribution in [2.24, 2.45) is 0 Å². The number of nitrogen functional groups attached to an aromatic ring is 1. The number of halogens is 2. The minimum absolute atomic E-state index is 0.183. The highest BCUT2D eigenvalue weighted by Crippen LogP contribution is 2.33. The number of hydrogen-bond donors (Lipinski definition) is 2. The Labute approximate surface area is 141 Å². The Morgan fingerprint density at radius 2 is 1.67 bits per heavy atom. The number of hydrogen-bond acceptors (Lipinski definition) is 3. The number of rotatable bonds is 3. The first-order chi connectivity index (χ1) is 9.72. The van der Waals surface area contributed by atoms with Crippen LogP contribution in [0.4, 0.5) is 11.4 Å². The quantitative estimate of drug-likeness (QED) is 0.712. The number of nitrogens with two attached hydrogens (primary N) is 1. The molecule has 0 spiro atoms. The van der Waals surface area contributed by atoms with Crippen LogP contribution < -0.4 is 10.5 Å². The van der Waals surface area contributed by atoms with E-state index in [1.165, 1.54) is 6.07 Å². The summed E-state index contributed by atoms with van der Waals surface area (Å²) >= 11 is 6.68. The summed E-state index contributed by atoms with van der Waals surface area (Å²) in [7, 11) is -3.72. The lowest BCUT2D eigenvalue weighted by Crippen LogP contribution is -2.16. The van der Waals surface area contributed by atoms with Gasteiger partial charge in [0.1, 0.15) is 0 Å². The number of benzene rings is 2. The van der Waals surface area contributed by atoms with Crippen LogP contribution in [0.1, 0.15) is 11.1 Å². The van der Waals surface area contributed by atoms with Gasteiger partial charge in [0, 0.05) is 14.6 Å². The van der Waals surface area contributed by atoms with Crippen molar-refractivity contribution in [2.45, 2.75) is 18.7 Å². The molecule has 0 atom stereocenters. The summed E-state index contributed by atoms with van der Waals surface area (Å²) < 4.78 is 29.1. The van der Waals surface area contributed by atoms with Crippen LogP contribution >= 0.6 is 31.9 Å². The molecule has 3 N–H and O–H groups in total. The molecule has 0 radical (unpaired) electrons. The highest BCUT2D eigenvalue weighted by Gasteiger charge is 2.21. The largest absolute Gasteiger partial charge is 0.399 e. The van der Waals surface area contributed by atoms with Crippen LogP contribution in [-0.2, 0) is 10.0 Å². The Balaban J connectivity index is 2.54. The van der Waals surface area contributed by atoms with Crippen LogP contribution in [0.3, 0.4) is 0 Å². The second kappa shape index (κ2) is 5.98. The number of aryl methyl sites for hydroxylation is 1. The Morgan fingerprint density at radius 1 is 1.10 bits per heavy atom. The predicted molar refractivity (Wildman–Crippen MR) is 93.0 cm³/mol. The molecule has 0 aliphatic carbocycles. The highest BCUT2D eigenvalue weighted by molar-refractivity contribution is 9.11. The molecule has 7 heteroatoms. The molecule has 0 amide bonds. The van der Waals surface area contributed by atoms with Crippen LogP contribution in [-0.4, -0.2) is 8.42 Å². The van der Waals surface area contributed by atoms with Gasteiger partial charge in [-0.15, -0.1) is 0 Å². The van der Waals surface area contributed by atoms with Crippen LogP contribution in [0, 0.1) is 13.8 Å². The topological polar surface area (TPSA) is 72.2 Å². The third-order valence-corrected chi connectivity index (χ3v) is 5.93. The van der Waals surface area contributed by atoms with E-state index in [4.69, 9.17) is 5.73 Å². The van der Waals surface area contributed by atoms with E-state index in [0.29, 0.717) is 25.9 Å². The SMILES string of the molecule is Cc1cc(N)cc(S(=O)(=O)Nc2c(Br)cccc2Br)c1C. The predicted octanol–water partition coefficient (Wildman–Crippen LogP) is 4.21. The van der Waals surface area contributed by atoms with Gasteiger partial charge in [0.25, 0.3) is 10.0 Å². The van der Waals surface area contributed by atoms with Crippen LogP contribution in [0.15, 0.2) is 44.2 Å². The summed E-state index contributed by atoms with van der Waals surface area (Å²) in [5.74, 6) is 0. The lowest BCUT2D eigenvalue weighted by Gasteiger charge is -2.15. The van der Waals surface area contributed by atoms with Crippen LogP contribution in [0.5, 0.6) is 0 Å². The Morgan fingerprint density at radius 3 is 2.24 bits per heavy atom. The molecule has 0 bridgehead atoms. The van der Waals surface area contributed by atoms with Gasteiger partial charge in [-0.2, -0.15) is 0 Å². The van der Waals surface area contributed by atoms with Gasteiger partial charge in [-0.1, -0.05) is 6.07 Å². The van der Waals surface area contributed by atoms with E-state index in [1.54, 1.807) is 25.1 Å². The minimum atomic E-state index is -3.72. The molecular weight excluding hydrogens is 420 g/mol. The van der Waals surface area contributed by atoms with Gasteiger partial charge in [-0.25, -0.2) is 8.42 Å². The molecular formula is C14H14Br2N2O2S. The second-order valence-electron chi connectivity index (χ2n) is 4.66. The molecule has 0 aliphatic heterocycles. The molecule has 0 aromatic heterocycles. The highest BCUT2D eigenvalue weighted by atomic mass is 79.9. The lowest BCUT2D eigenvalue weighted by atomic mass is 10.1. The van der Waals surface area contributed by atoms with Gasteiger partial charge in [0.2, 0.25) is 0 Å². The summed E-state index contributed by atoms with van der Waals surface area (Å²) in [6.45, 7) is 3.59. The Hall–Kier alpha value is -1.05. The van der Waals surface area contributed by atoms with Gasteiger partial charge in [-0.3, -0.25) is 4.72 Å². The third kappa shape index (κ3) is 3.41. The normalized spacial score (nSPS) is 11.4. The van der Waals surface area contributed by atoms with Gasteiger partial charge in [-0.05, 0) is 81.1 Å². The summed E-state index contributed by atoms with van der Waals surface area (Å²) in [5.41, 5.74) is 8.16. The first-order valence-corrected chi connectivity index (χ1v) is 9.13. The fourth-order valence-corrected chi connectivity index (χ4v) is 4.83. The Bertz CT molecular complexity index is 785. The summed E-state index contributed by atoms with van der Waals surface area (Å²) in [6.07, 6.45) is 0. The fourth-order valence-electron chi connectivity index (χ4n) is 1.92. The maximum atomic E-state index is 12.6. The van der Waals surface area contributed by atoms with E-state index in [2.05, 4.69) is 36.6 Å². The van der Waals surface area contributed by atoms with Gasteiger partial charge >= 0.3 is 0 Å². The molecule has 2 aromatic carbocycles. The van der Waals surface area contributed by atoms with E-state index in [0.717, 1.165) is 5.56 Å². The van der Waals surface area contributed by atoms with Crippen LogP contribution in [0.2, 0.25) is 0 Å². The molecule has 0 saturated heterocycles. The molecule has 21 heavy (non-hydrogen) atoms. The maximum absolute atomic E-state index is 12.6. The zero-order valence-corrected chi connectivity index (χ0v) is 15.4. The first-order valence-electron chi connectivity index (χ1n) is 6.06. The van der Waals surface area contributed by atoms with Crippen LogP contribution in [0.25, 0.3) is 0 Å². The molecule has 0 aliphatic rings. The average molecular weight is 434 g/mol. The zero-order chi connectivity index (χ0) is 15.8. The van der Waals surface area contributed by atoms with Crippen molar-refractivity contribution >= 4 is 53.3 Å². The van der Waals surface area contributed by atoms with E-state index < -0.39 is 10.0 Å². The van der Waals surface area contributed by atoms with E-state index in [-0.39, 0.29) is 4.90 Å². The first kappa shape index (κ1) is 16.3. The molecule has 4 nitrogen and oxygen atoms in total. The minimum Gasteiger partial charge on any atom is -0.399 e. The number of nitrogens with one attached hydrogen (secondary N) is 1. The monoisotopic (exact) mass is 432 g/mol. The van der Waals surface area contributed by atoms with Crippen molar-refractivity contribution < 1.29 is 8.42 Å². The van der Waals surface area contributed by atoms with Gasteiger partial charge in [0.15, 0.2) is 0 Å². The third-order valence-electron chi connectivity index (χ3n) is 3.13. The van der Waals surface area contributed by atoms with Crippen molar-refractivity contribution in [1.29, 1.82) is 0 Å². The van der Waals surface area contributed by atoms with Gasteiger partial charge < -0.3 is 5.73 Å². The summed E-state index contributed by atoms with van der Waals surface area (Å²) in [5, 5.41) is 0. The smallest absolute Gasteiger partial charge is 0.262 e. The van der Waals surface area contributed by atoms with Crippen molar-refractivity contribution in [2.75, 3.05) is 10.5 Å². The summed E-state index contributed by atoms with van der Waals surface area (Å²) in [4.78, 5) is 0.183. The molecule has 0 unspecified atom stereocenters. The van der Waals surface area contributed by atoms with Crippen molar-refractivity contribution in [3.63, 3.8) is 0 Å². The maximum Gasteiger partial charge on any atom is 0.262 e. The van der Waals surface area contributed by atoms with E-state index in [1.807, 2.05) is 13.0 Å². The number of anilines is 2. The standard InChI is InChI=1S/C14H14Br2N2O2S/c1-8-6-10(17)7-13(9(8)2)21(19,20)18-14-11(15)4-3-5-12(14)16/h3-7,18H,17H2,1-2H3. The van der Waals surface area contributed by atoms with Crippen molar-refractivity contribution in [3.8, 4) is 0 Å². The average Bonchev–Trinajstić information content (AvgIpc) is 2.38. The Kier molecular flexibility index (Phi) is 4.65. The summed E-state index contributed by atoms with van der Waals surface area (Å²) in [6, 6.07) is 8.56. The van der Waals surface area contributed by atoms with Crippen molar-refractivity contribution in [1.82, 2.24) is 0 Å². The molecule has 2 aromatic rings. The lowest BCUT2D eigenvalue weighted by molar-refractivity contribution is 0.600. The molecule has 0 saturated carbocycles. The molecule has 0 fully saturated rings. The number of para-hydroxylation sites is 1.